The monoisotopic (exact) mass is 280 g/mol. The van der Waals surface area contributed by atoms with Crippen molar-refractivity contribution in [2.45, 2.75) is 47.1 Å². The Balaban J connectivity index is 4.06. The lowest BCUT2D eigenvalue weighted by molar-refractivity contribution is -0.142. The van der Waals surface area contributed by atoms with Gasteiger partial charge in [-0.1, -0.05) is 33.6 Å². The van der Waals surface area contributed by atoms with E-state index in [1.165, 1.54) is 0 Å². The molecule has 0 N–H and O–H groups in total. The summed E-state index contributed by atoms with van der Waals surface area (Å²) < 4.78 is 9.83. The fourth-order valence-corrected chi connectivity index (χ4v) is 1.76. The number of carbonyl (C=O) groups is 2. The predicted octanol–water partition coefficient (Wildman–Crippen LogP) is 2.72. The van der Waals surface area contributed by atoms with Crippen LogP contribution >= 0.6 is 0 Å². The lowest BCUT2D eigenvalue weighted by Gasteiger charge is -2.22. The zero-order valence-corrected chi connectivity index (χ0v) is 12.9. The Hall–Kier alpha value is -1.76. The molecule has 0 aliphatic carbocycles. The quantitative estimate of drug-likeness (QED) is 0.426. The van der Waals surface area contributed by atoms with E-state index in [1.54, 1.807) is 6.92 Å². The van der Waals surface area contributed by atoms with Gasteiger partial charge in [-0.25, -0.2) is 9.59 Å². The van der Waals surface area contributed by atoms with Gasteiger partial charge in [0.1, 0.15) is 0 Å². The molecule has 2 atom stereocenters. The highest BCUT2D eigenvalue weighted by molar-refractivity contribution is 5.91. The number of esters is 2. The number of carbonyl (C=O) groups excluding carboxylic acids is 2. The van der Waals surface area contributed by atoms with E-state index in [2.05, 4.69) is 26.7 Å². The van der Waals surface area contributed by atoms with Crippen molar-refractivity contribution in [1.29, 1.82) is 0 Å². The fraction of sp³-hybridized carbons (Fsp3) is 0.625. The van der Waals surface area contributed by atoms with Gasteiger partial charge in [-0.3, -0.25) is 0 Å². The summed E-state index contributed by atoms with van der Waals surface area (Å²) in [6.45, 7) is 10.3. The molecule has 0 aromatic rings. The summed E-state index contributed by atoms with van der Waals surface area (Å²) in [5.74, 6) is 1.30. The van der Waals surface area contributed by atoms with Crippen molar-refractivity contribution in [2.75, 3.05) is 6.61 Å². The van der Waals surface area contributed by atoms with Crippen LogP contribution in [0.5, 0.6) is 0 Å². The lowest BCUT2D eigenvalue weighted by Crippen LogP contribution is -2.17. The number of hydrogen-bond acceptors (Lipinski definition) is 4. The Morgan fingerprint density at radius 2 is 1.75 bits per heavy atom. The molecule has 4 heteroatoms. The standard InChI is InChI=1S/C16H24O4/c1-7-13(3)20-15(18)9-8-14(17)19-11-12(2)10-16(4,5)6/h1,8-9,12-13H,10-11H2,2-6H3/b9-8+. The Morgan fingerprint density at radius 3 is 2.25 bits per heavy atom. The van der Waals surface area contributed by atoms with Gasteiger partial charge in [-0.2, -0.15) is 0 Å². The minimum Gasteiger partial charge on any atom is -0.462 e. The minimum absolute atomic E-state index is 0.191. The highest BCUT2D eigenvalue weighted by Gasteiger charge is 2.16. The summed E-state index contributed by atoms with van der Waals surface area (Å²) in [5.41, 5.74) is 0.191. The average molecular weight is 280 g/mol. The van der Waals surface area contributed by atoms with Crippen molar-refractivity contribution >= 4 is 11.9 Å². The van der Waals surface area contributed by atoms with Gasteiger partial charge in [0.2, 0.25) is 0 Å². The average Bonchev–Trinajstić information content (AvgIpc) is 2.31. The van der Waals surface area contributed by atoms with Crippen LogP contribution < -0.4 is 0 Å². The second-order valence-corrected chi connectivity index (χ2v) is 6.08. The highest BCUT2D eigenvalue weighted by Crippen LogP contribution is 2.24. The molecule has 0 radical (unpaired) electrons. The minimum atomic E-state index is -0.657. The summed E-state index contributed by atoms with van der Waals surface area (Å²) >= 11 is 0. The first-order chi connectivity index (χ1) is 9.14. The van der Waals surface area contributed by atoms with E-state index in [-0.39, 0.29) is 11.3 Å². The molecule has 2 unspecified atom stereocenters. The smallest absolute Gasteiger partial charge is 0.332 e. The normalized spacial score (nSPS) is 14.4. The van der Waals surface area contributed by atoms with Gasteiger partial charge in [0.25, 0.3) is 0 Å². The molecular weight excluding hydrogens is 256 g/mol. The van der Waals surface area contributed by atoms with E-state index >= 15 is 0 Å². The third-order valence-electron chi connectivity index (χ3n) is 2.35. The van der Waals surface area contributed by atoms with E-state index < -0.39 is 18.0 Å². The van der Waals surface area contributed by atoms with Gasteiger partial charge in [0.05, 0.1) is 6.61 Å². The molecule has 0 rings (SSSR count). The Labute approximate surface area is 121 Å². The largest absolute Gasteiger partial charge is 0.462 e. The van der Waals surface area contributed by atoms with Gasteiger partial charge in [-0.05, 0) is 24.7 Å². The lowest BCUT2D eigenvalue weighted by atomic mass is 9.86. The zero-order chi connectivity index (χ0) is 15.8. The summed E-state index contributed by atoms with van der Waals surface area (Å²) in [6.07, 6.45) is 7.47. The van der Waals surface area contributed by atoms with E-state index in [0.29, 0.717) is 6.61 Å². The van der Waals surface area contributed by atoms with E-state index in [9.17, 15) is 9.59 Å². The van der Waals surface area contributed by atoms with Crippen molar-refractivity contribution in [2.24, 2.45) is 11.3 Å². The zero-order valence-electron chi connectivity index (χ0n) is 12.9. The van der Waals surface area contributed by atoms with Crippen LogP contribution in [0, 0.1) is 23.7 Å². The van der Waals surface area contributed by atoms with Crippen molar-refractivity contribution in [3.8, 4) is 12.3 Å². The van der Waals surface area contributed by atoms with Crippen LogP contribution in [-0.4, -0.2) is 24.6 Å². The molecule has 0 aliphatic rings. The Bertz CT molecular complexity index is 396. The molecule has 0 aliphatic heterocycles. The van der Waals surface area contributed by atoms with Gasteiger partial charge in [0.15, 0.2) is 6.10 Å². The van der Waals surface area contributed by atoms with Crippen molar-refractivity contribution in [1.82, 2.24) is 0 Å². The summed E-state index contributed by atoms with van der Waals surface area (Å²) in [5, 5.41) is 0. The van der Waals surface area contributed by atoms with Crippen LogP contribution in [0.15, 0.2) is 12.2 Å². The van der Waals surface area contributed by atoms with Crippen LogP contribution in [0.3, 0.4) is 0 Å². The molecule has 112 valence electrons. The maximum Gasteiger partial charge on any atom is 0.332 e. The molecule has 0 saturated heterocycles. The number of rotatable bonds is 6. The second kappa shape index (κ2) is 8.42. The van der Waals surface area contributed by atoms with Crippen molar-refractivity contribution in [3.63, 3.8) is 0 Å². The molecular formula is C16H24O4. The molecule has 0 heterocycles. The van der Waals surface area contributed by atoms with Crippen LogP contribution in [0.4, 0.5) is 0 Å². The van der Waals surface area contributed by atoms with Crippen LogP contribution in [0.2, 0.25) is 0 Å². The van der Waals surface area contributed by atoms with E-state index in [1.807, 2.05) is 6.92 Å². The van der Waals surface area contributed by atoms with E-state index in [4.69, 9.17) is 15.9 Å². The van der Waals surface area contributed by atoms with Gasteiger partial charge < -0.3 is 9.47 Å². The van der Waals surface area contributed by atoms with Crippen LogP contribution in [-0.2, 0) is 19.1 Å². The third-order valence-corrected chi connectivity index (χ3v) is 2.35. The molecule has 20 heavy (non-hydrogen) atoms. The Morgan fingerprint density at radius 1 is 1.20 bits per heavy atom. The predicted molar refractivity (Wildman–Crippen MR) is 77.7 cm³/mol. The molecule has 0 bridgehead atoms. The first-order valence-electron chi connectivity index (χ1n) is 6.65. The van der Waals surface area contributed by atoms with Crippen molar-refractivity contribution in [3.05, 3.63) is 12.2 Å². The highest BCUT2D eigenvalue weighted by atomic mass is 16.5. The topological polar surface area (TPSA) is 52.6 Å². The summed E-state index contributed by atoms with van der Waals surface area (Å²) in [7, 11) is 0. The molecule has 4 nitrogen and oxygen atoms in total. The van der Waals surface area contributed by atoms with Gasteiger partial charge >= 0.3 is 11.9 Å². The molecule has 0 aromatic heterocycles. The maximum atomic E-state index is 11.4. The molecule has 0 amide bonds. The van der Waals surface area contributed by atoms with Crippen LogP contribution in [0.25, 0.3) is 0 Å². The van der Waals surface area contributed by atoms with E-state index in [0.717, 1.165) is 18.6 Å². The Kier molecular flexibility index (Phi) is 7.68. The SMILES string of the molecule is C#CC(C)OC(=O)/C=C/C(=O)OCC(C)CC(C)(C)C. The van der Waals surface area contributed by atoms with Crippen molar-refractivity contribution < 1.29 is 19.1 Å². The number of terminal acetylenes is 1. The van der Waals surface area contributed by atoms with Gasteiger partial charge in [-0.15, -0.1) is 6.42 Å². The fourth-order valence-electron chi connectivity index (χ4n) is 1.76. The summed E-state index contributed by atoms with van der Waals surface area (Å²) in [6, 6.07) is 0. The maximum absolute atomic E-state index is 11.4. The first kappa shape index (κ1) is 18.2. The molecule has 0 saturated carbocycles. The third kappa shape index (κ3) is 10.2. The molecule has 0 aromatic carbocycles. The first-order valence-corrected chi connectivity index (χ1v) is 6.65. The summed E-state index contributed by atoms with van der Waals surface area (Å²) in [4.78, 5) is 22.6. The molecule has 0 spiro atoms. The second-order valence-electron chi connectivity index (χ2n) is 6.08. The number of hydrogen-bond donors (Lipinski definition) is 0. The van der Waals surface area contributed by atoms with Gasteiger partial charge in [0, 0.05) is 12.2 Å². The number of ether oxygens (including phenoxy) is 2. The van der Waals surface area contributed by atoms with Crippen LogP contribution in [0.1, 0.15) is 41.0 Å². The molecule has 0 fully saturated rings.